The molecule has 140 valence electrons. The second-order valence-corrected chi connectivity index (χ2v) is 6.89. The predicted molar refractivity (Wildman–Crippen MR) is 102 cm³/mol. The summed E-state index contributed by atoms with van der Waals surface area (Å²) in [5.41, 5.74) is 2.14. The quantitative estimate of drug-likeness (QED) is 0.649. The van der Waals surface area contributed by atoms with E-state index in [1.54, 1.807) is 17.7 Å². The highest BCUT2D eigenvalue weighted by Crippen LogP contribution is 2.24. The van der Waals surface area contributed by atoms with Crippen molar-refractivity contribution in [2.75, 3.05) is 20.2 Å². The maximum absolute atomic E-state index is 12.7. The Bertz CT molecular complexity index is 995. The van der Waals surface area contributed by atoms with Crippen LogP contribution in [0.2, 0.25) is 0 Å². The van der Waals surface area contributed by atoms with Crippen molar-refractivity contribution >= 4 is 16.9 Å². The molecule has 0 bridgehead atoms. The van der Waals surface area contributed by atoms with Gasteiger partial charge >= 0.3 is 5.76 Å². The zero-order valence-electron chi connectivity index (χ0n) is 15.3. The highest BCUT2D eigenvalue weighted by molar-refractivity contribution is 5.98. The number of nitrogens with zero attached hydrogens (tertiary/aromatic N) is 2. The molecule has 4 rings (SSSR count). The summed E-state index contributed by atoms with van der Waals surface area (Å²) in [4.78, 5) is 27.0. The van der Waals surface area contributed by atoms with Crippen LogP contribution in [0.25, 0.3) is 11.1 Å². The first kappa shape index (κ1) is 17.5. The van der Waals surface area contributed by atoms with Crippen molar-refractivity contribution in [3.05, 3.63) is 64.6 Å². The van der Waals surface area contributed by atoms with Gasteiger partial charge < -0.3 is 9.15 Å². The lowest BCUT2D eigenvalue weighted by Crippen LogP contribution is -2.39. The van der Waals surface area contributed by atoms with Crippen LogP contribution < -0.4 is 10.5 Å². The summed E-state index contributed by atoms with van der Waals surface area (Å²) in [6.07, 6.45) is 1.57. The van der Waals surface area contributed by atoms with Crippen LogP contribution in [-0.2, 0) is 6.67 Å². The van der Waals surface area contributed by atoms with E-state index in [4.69, 9.17) is 9.15 Å². The van der Waals surface area contributed by atoms with E-state index in [0.29, 0.717) is 12.3 Å². The van der Waals surface area contributed by atoms with Gasteiger partial charge in [-0.15, -0.1) is 0 Å². The van der Waals surface area contributed by atoms with Gasteiger partial charge in [-0.1, -0.05) is 12.1 Å². The SMILES string of the molecule is COc1ccc(C(=O)C2CCN(Cn3c(=O)oc4ccccc43)CC2)cc1. The van der Waals surface area contributed by atoms with Crippen LogP contribution in [0, 0.1) is 5.92 Å². The maximum atomic E-state index is 12.7. The number of carbonyl (C=O) groups is 1. The predicted octanol–water partition coefficient (Wildman–Crippen LogP) is 3.16. The van der Waals surface area contributed by atoms with Gasteiger partial charge in [0.15, 0.2) is 11.4 Å². The zero-order valence-corrected chi connectivity index (χ0v) is 15.3. The number of methoxy groups -OCH3 is 1. The van der Waals surface area contributed by atoms with Crippen LogP contribution in [-0.4, -0.2) is 35.4 Å². The number of aromatic nitrogens is 1. The van der Waals surface area contributed by atoms with Crippen molar-refractivity contribution in [2.45, 2.75) is 19.5 Å². The molecule has 1 saturated heterocycles. The largest absolute Gasteiger partial charge is 0.497 e. The number of ketones is 1. The summed E-state index contributed by atoms with van der Waals surface area (Å²) in [5, 5.41) is 0. The molecule has 2 heterocycles. The van der Waals surface area contributed by atoms with Crippen LogP contribution in [0.15, 0.2) is 57.7 Å². The number of hydrogen-bond donors (Lipinski definition) is 0. The first-order valence-corrected chi connectivity index (χ1v) is 9.14. The minimum atomic E-state index is -0.340. The van der Waals surface area contributed by atoms with Crippen LogP contribution in [0.4, 0.5) is 0 Å². The number of hydrogen-bond acceptors (Lipinski definition) is 5. The van der Waals surface area contributed by atoms with E-state index in [2.05, 4.69) is 4.90 Å². The monoisotopic (exact) mass is 366 g/mol. The molecule has 27 heavy (non-hydrogen) atoms. The summed E-state index contributed by atoms with van der Waals surface area (Å²) >= 11 is 0. The van der Waals surface area contributed by atoms with Gasteiger partial charge in [0.1, 0.15) is 5.75 Å². The minimum absolute atomic E-state index is 0.0208. The molecule has 0 spiro atoms. The van der Waals surface area contributed by atoms with Crippen LogP contribution in [0.5, 0.6) is 5.75 Å². The van der Waals surface area contributed by atoms with Crippen LogP contribution in [0.3, 0.4) is 0 Å². The number of ether oxygens (including phenoxy) is 1. The molecule has 1 fully saturated rings. The number of Topliss-reactive ketones (excluding diaryl/α,β-unsaturated/α-hetero) is 1. The van der Waals surface area contributed by atoms with Crippen molar-refractivity contribution in [2.24, 2.45) is 5.92 Å². The molecule has 0 atom stereocenters. The molecule has 6 nitrogen and oxygen atoms in total. The number of likely N-dealkylation sites (tertiary alicyclic amines) is 1. The van der Waals surface area contributed by atoms with Crippen molar-refractivity contribution in [1.29, 1.82) is 0 Å². The smallest absolute Gasteiger partial charge is 0.421 e. The fourth-order valence-corrected chi connectivity index (χ4v) is 3.68. The first-order valence-electron chi connectivity index (χ1n) is 9.14. The van der Waals surface area contributed by atoms with E-state index in [1.807, 2.05) is 42.5 Å². The molecule has 3 aromatic rings. The third kappa shape index (κ3) is 3.53. The zero-order chi connectivity index (χ0) is 18.8. The van der Waals surface area contributed by atoms with E-state index in [0.717, 1.165) is 42.8 Å². The van der Waals surface area contributed by atoms with Gasteiger partial charge in [-0.3, -0.25) is 14.3 Å². The average molecular weight is 366 g/mol. The second kappa shape index (κ2) is 7.40. The number of carbonyl (C=O) groups excluding carboxylic acids is 1. The highest BCUT2D eigenvalue weighted by atomic mass is 16.5. The van der Waals surface area contributed by atoms with Gasteiger partial charge in [-0.2, -0.15) is 0 Å². The molecule has 1 aliphatic heterocycles. The fraction of sp³-hybridized carbons (Fsp3) is 0.333. The van der Waals surface area contributed by atoms with Crippen molar-refractivity contribution < 1.29 is 13.9 Å². The molecular weight excluding hydrogens is 344 g/mol. The van der Waals surface area contributed by atoms with E-state index in [9.17, 15) is 9.59 Å². The molecule has 0 amide bonds. The Kier molecular flexibility index (Phi) is 4.81. The number of piperidine rings is 1. The van der Waals surface area contributed by atoms with Gasteiger partial charge in [0, 0.05) is 24.6 Å². The lowest BCUT2D eigenvalue weighted by Gasteiger charge is -2.31. The summed E-state index contributed by atoms with van der Waals surface area (Å²) in [5.74, 6) is 0.613. The van der Waals surface area contributed by atoms with Crippen molar-refractivity contribution in [3.63, 3.8) is 0 Å². The molecule has 2 aromatic carbocycles. The molecule has 1 aliphatic rings. The van der Waals surface area contributed by atoms with Crippen LogP contribution in [0.1, 0.15) is 23.2 Å². The Morgan fingerprint density at radius 3 is 2.52 bits per heavy atom. The molecule has 0 unspecified atom stereocenters. The standard InChI is InChI=1S/C21H22N2O4/c1-26-17-8-6-15(7-9-17)20(24)16-10-12-22(13-11-16)14-23-18-4-2-3-5-19(18)27-21(23)25/h2-9,16H,10-14H2,1H3. The Balaban J connectivity index is 1.40. The maximum Gasteiger partial charge on any atom is 0.421 e. The number of oxazole rings is 1. The molecule has 0 radical (unpaired) electrons. The van der Waals surface area contributed by atoms with Crippen molar-refractivity contribution in [3.8, 4) is 5.75 Å². The van der Waals surface area contributed by atoms with Crippen LogP contribution >= 0.6 is 0 Å². The van der Waals surface area contributed by atoms with E-state index >= 15 is 0 Å². The Morgan fingerprint density at radius 2 is 1.81 bits per heavy atom. The van der Waals surface area contributed by atoms with E-state index in [1.165, 1.54) is 0 Å². The lowest BCUT2D eigenvalue weighted by atomic mass is 9.89. The van der Waals surface area contributed by atoms with Crippen molar-refractivity contribution in [1.82, 2.24) is 9.47 Å². The topological polar surface area (TPSA) is 64.7 Å². The molecular formula is C21H22N2O4. The summed E-state index contributed by atoms with van der Waals surface area (Å²) in [6, 6.07) is 14.7. The average Bonchev–Trinajstić information content (AvgIpc) is 3.03. The molecule has 0 N–H and O–H groups in total. The second-order valence-electron chi connectivity index (χ2n) is 6.89. The summed E-state index contributed by atoms with van der Waals surface area (Å²) in [7, 11) is 1.61. The normalized spacial score (nSPS) is 15.9. The first-order chi connectivity index (χ1) is 13.2. The summed E-state index contributed by atoms with van der Waals surface area (Å²) in [6.45, 7) is 2.04. The van der Waals surface area contributed by atoms with E-state index in [-0.39, 0.29) is 17.5 Å². The number of rotatable bonds is 5. The highest BCUT2D eigenvalue weighted by Gasteiger charge is 2.26. The number of fused-ring (bicyclic) bond motifs is 1. The Labute approximate surface area is 157 Å². The van der Waals surface area contributed by atoms with Gasteiger partial charge in [0.25, 0.3) is 0 Å². The Hall–Kier alpha value is -2.86. The lowest BCUT2D eigenvalue weighted by molar-refractivity contribution is 0.0809. The van der Waals surface area contributed by atoms with E-state index < -0.39 is 0 Å². The summed E-state index contributed by atoms with van der Waals surface area (Å²) < 4.78 is 12.1. The molecule has 6 heteroatoms. The Morgan fingerprint density at radius 1 is 1.11 bits per heavy atom. The van der Waals surface area contributed by atoms with Gasteiger partial charge in [-0.25, -0.2) is 4.79 Å². The molecule has 1 aromatic heterocycles. The van der Waals surface area contributed by atoms with Gasteiger partial charge in [0.2, 0.25) is 0 Å². The third-order valence-corrected chi connectivity index (χ3v) is 5.25. The fourth-order valence-electron chi connectivity index (χ4n) is 3.68. The number of benzene rings is 2. The molecule has 0 saturated carbocycles. The minimum Gasteiger partial charge on any atom is -0.497 e. The number of para-hydroxylation sites is 2. The van der Waals surface area contributed by atoms with Gasteiger partial charge in [-0.05, 0) is 49.2 Å². The molecule has 0 aliphatic carbocycles. The third-order valence-electron chi connectivity index (χ3n) is 5.25. The van der Waals surface area contributed by atoms with Gasteiger partial charge in [0.05, 0.1) is 19.3 Å².